The first-order chi connectivity index (χ1) is 12.7. The topological polar surface area (TPSA) is 99.2 Å². The summed E-state index contributed by atoms with van der Waals surface area (Å²) in [7, 11) is 0. The molecule has 27 heavy (non-hydrogen) atoms. The first kappa shape index (κ1) is 21.2. The summed E-state index contributed by atoms with van der Waals surface area (Å²) < 4.78 is 27.3. The second-order valence-corrected chi connectivity index (χ2v) is 7.92. The molecule has 0 saturated carbocycles. The van der Waals surface area contributed by atoms with E-state index in [4.69, 9.17) is 9.29 Å². The molecule has 0 bridgehead atoms. The van der Waals surface area contributed by atoms with E-state index in [1.165, 1.54) is 0 Å². The second-order valence-electron chi connectivity index (χ2n) is 7.21. The lowest BCUT2D eigenvalue weighted by Crippen LogP contribution is -2.60. The summed E-state index contributed by atoms with van der Waals surface area (Å²) in [4.78, 5) is 28.5. The summed E-state index contributed by atoms with van der Waals surface area (Å²) in [5.74, 6) is 0.128. The number of benzene rings is 1. The number of ether oxygens (including phenoxy) is 1. The number of nitrogens with one attached hydrogen (secondary N) is 1. The Bertz CT molecular complexity index is 683. The fraction of sp³-hybridized carbons (Fsp3) is 0.556. The molecule has 1 heterocycles. The van der Waals surface area contributed by atoms with Gasteiger partial charge >= 0.3 is 6.09 Å². The minimum atomic E-state index is -2.16. The molecule has 0 aromatic heterocycles. The van der Waals surface area contributed by atoms with Gasteiger partial charge in [0.2, 0.25) is 0 Å². The van der Waals surface area contributed by atoms with E-state index < -0.39 is 11.3 Å². The maximum atomic E-state index is 12.8. The largest absolute Gasteiger partial charge is 0.449 e. The quantitative estimate of drug-likeness (QED) is 0.744. The van der Waals surface area contributed by atoms with Crippen molar-refractivity contribution in [1.29, 1.82) is 0 Å². The molecule has 1 aromatic rings. The van der Waals surface area contributed by atoms with Crippen LogP contribution in [-0.4, -0.2) is 62.3 Å². The molecule has 1 fully saturated rings. The molecule has 3 atom stereocenters. The Morgan fingerprint density at radius 1 is 1.22 bits per heavy atom. The smallest absolute Gasteiger partial charge is 0.410 e. The SMILES string of the molecule is CC(C)COC(=O)N1[C@H](C)CN(C(=O)c2ccc(NS(=O)O)cc2)C[C@@H]1C. The third kappa shape index (κ3) is 5.67. The standard InChI is InChI=1S/C18H27N3O5S/c1-12(2)11-26-18(23)21-13(3)9-20(10-14(21)4)17(22)15-5-7-16(8-6-15)19-27(24)25/h5-8,12-14,19H,9-11H2,1-4H3,(H,24,25)/t13-,14+. The Hall–Kier alpha value is -2.13. The fourth-order valence-electron chi connectivity index (χ4n) is 3.13. The van der Waals surface area contributed by atoms with Crippen LogP contribution in [0.5, 0.6) is 0 Å². The van der Waals surface area contributed by atoms with Gasteiger partial charge in [-0.1, -0.05) is 13.8 Å². The van der Waals surface area contributed by atoms with E-state index >= 15 is 0 Å². The molecule has 0 radical (unpaired) electrons. The van der Waals surface area contributed by atoms with Gasteiger partial charge in [-0.2, -0.15) is 0 Å². The first-order valence-electron chi connectivity index (χ1n) is 8.91. The molecule has 1 saturated heterocycles. The third-order valence-corrected chi connectivity index (χ3v) is 4.70. The number of hydrogen-bond donors (Lipinski definition) is 2. The van der Waals surface area contributed by atoms with E-state index in [0.29, 0.717) is 30.9 Å². The molecular weight excluding hydrogens is 370 g/mol. The fourth-order valence-corrected chi connectivity index (χ4v) is 3.46. The average Bonchev–Trinajstić information content (AvgIpc) is 2.58. The van der Waals surface area contributed by atoms with Crippen LogP contribution in [0.15, 0.2) is 24.3 Å². The summed E-state index contributed by atoms with van der Waals surface area (Å²) in [5.41, 5.74) is 0.936. The van der Waals surface area contributed by atoms with Crippen LogP contribution in [0.1, 0.15) is 38.1 Å². The molecule has 1 aromatic carbocycles. The van der Waals surface area contributed by atoms with Gasteiger partial charge in [-0.05, 0) is 44.0 Å². The zero-order valence-electron chi connectivity index (χ0n) is 16.0. The van der Waals surface area contributed by atoms with Crippen molar-refractivity contribution < 1.29 is 23.1 Å². The van der Waals surface area contributed by atoms with Crippen LogP contribution in [0.2, 0.25) is 0 Å². The van der Waals surface area contributed by atoms with Crippen LogP contribution in [0.3, 0.4) is 0 Å². The van der Waals surface area contributed by atoms with Crippen LogP contribution in [-0.2, 0) is 16.0 Å². The highest BCUT2D eigenvalue weighted by Crippen LogP contribution is 2.20. The van der Waals surface area contributed by atoms with Crippen molar-refractivity contribution in [2.24, 2.45) is 5.92 Å². The molecular formula is C18H27N3O5S. The molecule has 1 unspecified atom stereocenters. The zero-order chi connectivity index (χ0) is 20.1. The van der Waals surface area contributed by atoms with Gasteiger partial charge in [0.25, 0.3) is 17.2 Å². The lowest BCUT2D eigenvalue weighted by molar-refractivity contribution is 0.0185. The summed E-state index contributed by atoms with van der Waals surface area (Å²) in [6, 6.07) is 6.05. The van der Waals surface area contributed by atoms with Crippen molar-refractivity contribution in [1.82, 2.24) is 9.80 Å². The van der Waals surface area contributed by atoms with Gasteiger partial charge in [-0.3, -0.25) is 19.0 Å². The van der Waals surface area contributed by atoms with Gasteiger partial charge in [-0.15, -0.1) is 0 Å². The number of anilines is 1. The average molecular weight is 397 g/mol. The lowest BCUT2D eigenvalue weighted by atomic mass is 10.1. The molecule has 2 N–H and O–H groups in total. The Kier molecular flexibility index (Phi) is 7.20. The van der Waals surface area contributed by atoms with E-state index in [-0.39, 0.29) is 30.0 Å². The van der Waals surface area contributed by atoms with Gasteiger partial charge in [0, 0.05) is 24.3 Å². The molecule has 1 aliphatic rings. The molecule has 150 valence electrons. The molecule has 0 aliphatic carbocycles. The summed E-state index contributed by atoms with van der Waals surface area (Å²) in [6.45, 7) is 8.97. The molecule has 0 spiro atoms. The van der Waals surface area contributed by atoms with Crippen molar-refractivity contribution in [2.75, 3.05) is 24.4 Å². The number of amides is 2. The summed E-state index contributed by atoms with van der Waals surface area (Å²) >= 11 is -2.16. The van der Waals surface area contributed by atoms with Gasteiger partial charge < -0.3 is 9.64 Å². The van der Waals surface area contributed by atoms with E-state index in [2.05, 4.69) is 4.72 Å². The van der Waals surface area contributed by atoms with Crippen molar-refractivity contribution >= 4 is 29.0 Å². The number of carbonyl (C=O) groups excluding carboxylic acids is 2. The van der Waals surface area contributed by atoms with Gasteiger partial charge in [0.05, 0.1) is 18.7 Å². The molecule has 2 amide bonds. The maximum absolute atomic E-state index is 12.8. The van der Waals surface area contributed by atoms with Crippen molar-refractivity contribution in [3.63, 3.8) is 0 Å². The van der Waals surface area contributed by atoms with Crippen molar-refractivity contribution in [2.45, 2.75) is 39.8 Å². The number of piperazine rings is 1. The van der Waals surface area contributed by atoms with Crippen molar-refractivity contribution in [3.8, 4) is 0 Å². The highest BCUT2D eigenvalue weighted by molar-refractivity contribution is 7.80. The minimum absolute atomic E-state index is 0.138. The van der Waals surface area contributed by atoms with Crippen LogP contribution >= 0.6 is 0 Å². The van der Waals surface area contributed by atoms with E-state index in [9.17, 15) is 13.8 Å². The predicted octanol–water partition coefficient (Wildman–Crippen LogP) is 2.56. The normalized spacial score (nSPS) is 21.1. The first-order valence-corrected chi connectivity index (χ1v) is 10.0. The van der Waals surface area contributed by atoms with E-state index in [0.717, 1.165) is 0 Å². The predicted molar refractivity (Wildman–Crippen MR) is 104 cm³/mol. The molecule has 9 heteroatoms. The van der Waals surface area contributed by atoms with Crippen LogP contribution in [0, 0.1) is 5.92 Å². The van der Waals surface area contributed by atoms with Crippen LogP contribution in [0.25, 0.3) is 0 Å². The summed E-state index contributed by atoms with van der Waals surface area (Å²) in [6.07, 6.45) is -0.344. The number of nitrogens with zero attached hydrogens (tertiary/aromatic N) is 2. The van der Waals surface area contributed by atoms with Crippen LogP contribution < -0.4 is 4.72 Å². The van der Waals surface area contributed by atoms with Crippen LogP contribution in [0.4, 0.5) is 10.5 Å². The maximum Gasteiger partial charge on any atom is 0.410 e. The van der Waals surface area contributed by atoms with E-state index in [1.807, 2.05) is 27.7 Å². The third-order valence-electron chi connectivity index (χ3n) is 4.29. The number of carbonyl (C=O) groups is 2. The Morgan fingerprint density at radius 3 is 2.26 bits per heavy atom. The number of rotatable bonds is 5. The highest BCUT2D eigenvalue weighted by atomic mass is 32.2. The van der Waals surface area contributed by atoms with Gasteiger partial charge in [0.15, 0.2) is 0 Å². The molecule has 2 rings (SSSR count). The monoisotopic (exact) mass is 397 g/mol. The highest BCUT2D eigenvalue weighted by Gasteiger charge is 2.36. The summed E-state index contributed by atoms with van der Waals surface area (Å²) in [5, 5.41) is 0. The van der Waals surface area contributed by atoms with Gasteiger partial charge in [-0.25, -0.2) is 9.00 Å². The van der Waals surface area contributed by atoms with Crippen molar-refractivity contribution in [3.05, 3.63) is 29.8 Å². The molecule has 1 aliphatic heterocycles. The number of hydrogen-bond acceptors (Lipinski definition) is 4. The van der Waals surface area contributed by atoms with E-state index in [1.54, 1.807) is 34.1 Å². The minimum Gasteiger partial charge on any atom is -0.449 e. The zero-order valence-corrected chi connectivity index (χ0v) is 16.9. The Labute approximate surface area is 162 Å². The second kappa shape index (κ2) is 9.18. The Balaban J connectivity index is 2.01. The lowest BCUT2D eigenvalue weighted by Gasteiger charge is -2.43. The Morgan fingerprint density at radius 2 is 1.78 bits per heavy atom. The van der Waals surface area contributed by atoms with Gasteiger partial charge in [0.1, 0.15) is 0 Å². The molecule has 8 nitrogen and oxygen atoms in total.